The van der Waals surface area contributed by atoms with Gasteiger partial charge in [-0.1, -0.05) is 0 Å². The lowest BCUT2D eigenvalue weighted by atomic mass is 10.1. The Morgan fingerprint density at radius 3 is 2.20 bits per heavy atom. The summed E-state index contributed by atoms with van der Waals surface area (Å²) in [5.74, 6) is 0.300. The molecule has 1 aromatic carbocycles. The van der Waals surface area contributed by atoms with E-state index < -0.39 is 7.32 Å². The first kappa shape index (κ1) is 16.8. The Balaban J connectivity index is 0.00000200. The van der Waals surface area contributed by atoms with Crippen molar-refractivity contribution in [3.8, 4) is 5.75 Å². The summed E-state index contributed by atoms with van der Waals surface area (Å²) in [6.07, 6.45) is 0. The summed E-state index contributed by atoms with van der Waals surface area (Å²) >= 11 is 0. The first-order valence-electron chi connectivity index (χ1n) is 6.17. The average Bonchev–Trinajstić information content (AvgIpc) is 2.39. The number of carbonyl (C=O) groups is 1. The molecule has 1 aliphatic heterocycles. The zero-order valence-corrected chi connectivity index (χ0v) is 12.0. The van der Waals surface area contributed by atoms with Crippen LogP contribution in [0.5, 0.6) is 5.75 Å². The van der Waals surface area contributed by atoms with Gasteiger partial charge in [0.2, 0.25) is 0 Å². The lowest BCUT2D eigenvalue weighted by Gasteiger charge is -2.32. The van der Waals surface area contributed by atoms with Gasteiger partial charge in [0.05, 0.1) is 0 Å². The van der Waals surface area contributed by atoms with Crippen LogP contribution in [0.25, 0.3) is 0 Å². The van der Waals surface area contributed by atoms with Crippen LogP contribution in [0.3, 0.4) is 0 Å². The van der Waals surface area contributed by atoms with E-state index in [-0.39, 0.29) is 18.3 Å². The van der Waals surface area contributed by atoms with Crippen LogP contribution in [-0.2, 0) is 0 Å². The van der Waals surface area contributed by atoms with Crippen LogP contribution in [0.1, 0.15) is 10.4 Å². The van der Waals surface area contributed by atoms with Gasteiger partial charge in [0.1, 0.15) is 5.75 Å². The van der Waals surface area contributed by atoms with E-state index >= 15 is 0 Å². The summed E-state index contributed by atoms with van der Waals surface area (Å²) in [6, 6.07) is 6.34. The van der Waals surface area contributed by atoms with E-state index in [4.69, 9.17) is 10.0 Å². The quantitative estimate of drug-likeness (QED) is 0.759. The molecule has 1 aliphatic rings. The molecule has 0 unspecified atom stereocenters. The van der Waals surface area contributed by atoms with Crippen molar-refractivity contribution in [2.24, 2.45) is 0 Å². The van der Waals surface area contributed by atoms with Gasteiger partial charge in [-0.2, -0.15) is 0 Å². The fourth-order valence-corrected chi connectivity index (χ4v) is 1.99. The molecule has 0 spiro atoms. The van der Waals surface area contributed by atoms with E-state index in [0.717, 1.165) is 26.2 Å². The van der Waals surface area contributed by atoms with Gasteiger partial charge in [0.15, 0.2) is 0 Å². The highest BCUT2D eigenvalue weighted by atomic mass is 35.5. The van der Waals surface area contributed by atoms with Crippen molar-refractivity contribution in [3.63, 3.8) is 0 Å². The highest BCUT2D eigenvalue weighted by molar-refractivity contribution is 6.33. The van der Waals surface area contributed by atoms with Crippen LogP contribution >= 0.6 is 12.4 Å². The highest BCUT2D eigenvalue weighted by Crippen LogP contribution is 2.14. The number of rotatable bonds is 3. The number of likely N-dealkylation sites (N-methyl/N-ethyl adjacent to an activating group) is 1. The third kappa shape index (κ3) is 4.38. The van der Waals surface area contributed by atoms with Crippen molar-refractivity contribution in [2.45, 2.75) is 0 Å². The third-order valence-electron chi connectivity index (χ3n) is 3.13. The zero-order chi connectivity index (χ0) is 13.8. The number of halogens is 1. The predicted molar refractivity (Wildman–Crippen MR) is 77.9 cm³/mol. The molecule has 1 heterocycles. The Kier molecular flexibility index (Phi) is 6.29. The van der Waals surface area contributed by atoms with Gasteiger partial charge in [-0.3, -0.25) is 4.79 Å². The van der Waals surface area contributed by atoms with E-state index in [1.54, 1.807) is 24.3 Å². The molecular weight excluding hydrogens is 282 g/mol. The number of hydrogen-bond donors (Lipinski definition) is 2. The molecule has 1 aromatic rings. The standard InChI is InChI=1S/C12H17BN2O4.ClH/c1-14-6-8-15(9-7-14)12(16)10-2-4-11(5-3-10)19-13(17)18;/h2-5,17-18H,6-9H2,1H3;1H. The van der Waals surface area contributed by atoms with Crippen LogP contribution in [0.15, 0.2) is 24.3 Å². The molecule has 6 nitrogen and oxygen atoms in total. The second-order valence-electron chi connectivity index (χ2n) is 4.56. The second kappa shape index (κ2) is 7.49. The number of carbonyl (C=O) groups excluding carboxylic acids is 1. The third-order valence-corrected chi connectivity index (χ3v) is 3.13. The number of nitrogens with zero attached hydrogens (tertiary/aromatic N) is 2. The average molecular weight is 301 g/mol. The fraction of sp³-hybridized carbons (Fsp3) is 0.417. The number of hydrogen-bond acceptors (Lipinski definition) is 5. The molecule has 0 saturated carbocycles. The van der Waals surface area contributed by atoms with Gasteiger partial charge >= 0.3 is 7.32 Å². The van der Waals surface area contributed by atoms with E-state index in [1.807, 2.05) is 11.9 Å². The normalized spacial score (nSPS) is 15.4. The van der Waals surface area contributed by atoms with Crippen molar-refractivity contribution in [2.75, 3.05) is 33.2 Å². The van der Waals surface area contributed by atoms with Crippen LogP contribution in [-0.4, -0.2) is 66.3 Å². The van der Waals surface area contributed by atoms with Crippen molar-refractivity contribution < 1.29 is 19.5 Å². The largest absolute Gasteiger partial charge is 0.707 e. The van der Waals surface area contributed by atoms with Gasteiger partial charge in [0, 0.05) is 31.7 Å². The maximum absolute atomic E-state index is 12.2. The topological polar surface area (TPSA) is 73.2 Å². The fourth-order valence-electron chi connectivity index (χ4n) is 1.99. The maximum Gasteiger partial charge on any atom is 0.707 e. The lowest BCUT2D eigenvalue weighted by molar-refractivity contribution is 0.0664. The maximum atomic E-state index is 12.2. The summed E-state index contributed by atoms with van der Waals surface area (Å²) < 4.78 is 4.69. The molecule has 110 valence electrons. The zero-order valence-electron chi connectivity index (χ0n) is 11.2. The summed E-state index contributed by atoms with van der Waals surface area (Å²) in [6.45, 7) is 3.21. The number of amides is 1. The Hall–Kier alpha value is -1.28. The van der Waals surface area contributed by atoms with Crippen molar-refractivity contribution in [1.29, 1.82) is 0 Å². The van der Waals surface area contributed by atoms with Crippen LogP contribution in [0.2, 0.25) is 0 Å². The Morgan fingerprint density at radius 2 is 1.70 bits per heavy atom. The molecule has 0 aliphatic carbocycles. The molecule has 1 amide bonds. The summed E-state index contributed by atoms with van der Waals surface area (Å²) in [5, 5.41) is 17.3. The Morgan fingerprint density at radius 1 is 1.15 bits per heavy atom. The van der Waals surface area contributed by atoms with Gasteiger partial charge < -0.3 is 24.5 Å². The van der Waals surface area contributed by atoms with E-state index in [1.165, 1.54) is 0 Å². The Labute approximate surface area is 124 Å². The summed E-state index contributed by atoms with van der Waals surface area (Å²) in [5.41, 5.74) is 0.573. The minimum Gasteiger partial charge on any atom is -0.512 e. The summed E-state index contributed by atoms with van der Waals surface area (Å²) in [4.78, 5) is 16.2. The van der Waals surface area contributed by atoms with Gasteiger partial charge in [-0.05, 0) is 31.3 Å². The highest BCUT2D eigenvalue weighted by Gasteiger charge is 2.20. The molecular formula is C12H18BClN2O4. The molecule has 8 heteroatoms. The smallest absolute Gasteiger partial charge is 0.512 e. The molecule has 2 N–H and O–H groups in total. The molecule has 1 saturated heterocycles. The van der Waals surface area contributed by atoms with Crippen LogP contribution in [0.4, 0.5) is 0 Å². The number of piperazine rings is 1. The van der Waals surface area contributed by atoms with Gasteiger partial charge in [-0.25, -0.2) is 0 Å². The van der Waals surface area contributed by atoms with Gasteiger partial charge in [-0.15, -0.1) is 12.4 Å². The minimum absolute atomic E-state index is 0. The molecule has 1 fully saturated rings. The van der Waals surface area contributed by atoms with Crippen molar-refractivity contribution in [3.05, 3.63) is 29.8 Å². The Bertz CT molecular complexity index is 436. The second-order valence-corrected chi connectivity index (χ2v) is 4.56. The predicted octanol–water partition coefficient (Wildman–Crippen LogP) is -0.156. The van der Waals surface area contributed by atoms with Crippen molar-refractivity contribution >= 4 is 25.6 Å². The molecule has 0 atom stereocenters. The lowest BCUT2D eigenvalue weighted by Crippen LogP contribution is -2.47. The van der Waals surface area contributed by atoms with Crippen molar-refractivity contribution in [1.82, 2.24) is 9.80 Å². The first-order chi connectivity index (χ1) is 9.06. The first-order valence-corrected chi connectivity index (χ1v) is 6.17. The molecule has 20 heavy (non-hydrogen) atoms. The van der Waals surface area contributed by atoms with Crippen LogP contribution in [0, 0.1) is 0 Å². The molecule has 0 aromatic heterocycles. The monoisotopic (exact) mass is 300 g/mol. The van der Waals surface area contributed by atoms with E-state index in [0.29, 0.717) is 11.3 Å². The van der Waals surface area contributed by atoms with E-state index in [9.17, 15) is 4.79 Å². The summed E-state index contributed by atoms with van der Waals surface area (Å²) in [7, 11) is 0.188. The van der Waals surface area contributed by atoms with E-state index in [2.05, 4.69) is 9.55 Å². The number of benzene rings is 1. The SMILES string of the molecule is CN1CCN(C(=O)c2ccc(OB(O)O)cc2)CC1.Cl. The molecule has 0 bridgehead atoms. The molecule has 0 radical (unpaired) electrons. The minimum atomic E-state index is -1.85. The molecule has 2 rings (SSSR count). The van der Waals surface area contributed by atoms with Crippen LogP contribution < -0.4 is 4.65 Å². The van der Waals surface area contributed by atoms with Gasteiger partial charge in [0.25, 0.3) is 5.91 Å².